The van der Waals surface area contributed by atoms with Crippen molar-refractivity contribution in [3.05, 3.63) is 23.8 Å². The van der Waals surface area contributed by atoms with E-state index in [-0.39, 0.29) is 0 Å². The molecule has 1 aromatic rings. The van der Waals surface area contributed by atoms with E-state index in [0.717, 1.165) is 5.75 Å². The zero-order valence-electron chi connectivity index (χ0n) is 8.09. The first kappa shape index (κ1) is 8.91. The fraction of sp³-hybridized carbons (Fsp3) is 0.400. The first-order valence-corrected chi connectivity index (χ1v) is 3.97. The number of benzene rings is 1. The first-order chi connectivity index (χ1) is 5.66. The molecule has 66 valence electrons. The Kier molecular flexibility index (Phi) is 2.58. The molecule has 0 saturated carbocycles. The Morgan fingerprint density at radius 3 is 2.42 bits per heavy atom. The van der Waals surface area contributed by atoms with Crippen molar-refractivity contribution in [2.24, 2.45) is 0 Å². The summed E-state index contributed by atoms with van der Waals surface area (Å²) in [6, 6.07) is 6.06. The van der Waals surface area contributed by atoms with Crippen LogP contribution in [0, 0.1) is 6.92 Å². The highest BCUT2D eigenvalue weighted by Gasteiger charge is 2.04. The van der Waals surface area contributed by atoms with Crippen LogP contribution in [-0.2, 0) is 0 Å². The van der Waals surface area contributed by atoms with Crippen molar-refractivity contribution in [3.8, 4) is 5.75 Å². The summed E-state index contributed by atoms with van der Waals surface area (Å²) in [4.78, 5) is 2.08. The molecule has 0 radical (unpaired) electrons. The number of nitrogens with zero attached hydrogens (tertiary/aromatic N) is 1. The minimum Gasteiger partial charge on any atom is -0.496 e. The van der Waals surface area contributed by atoms with E-state index in [9.17, 15) is 0 Å². The second-order valence-corrected chi connectivity index (χ2v) is 3.00. The van der Waals surface area contributed by atoms with Crippen LogP contribution in [0.4, 0.5) is 5.69 Å². The number of anilines is 1. The summed E-state index contributed by atoms with van der Waals surface area (Å²) in [5.41, 5.74) is 2.39. The molecule has 12 heavy (non-hydrogen) atoms. The van der Waals surface area contributed by atoms with Gasteiger partial charge in [-0.3, -0.25) is 0 Å². The smallest absolute Gasteiger partial charge is 0.123 e. The highest BCUT2D eigenvalue weighted by Crippen LogP contribution is 2.26. The van der Waals surface area contributed by atoms with Gasteiger partial charge in [0.15, 0.2) is 0 Å². The number of ether oxygens (including phenoxy) is 1. The van der Waals surface area contributed by atoms with Crippen molar-refractivity contribution in [1.82, 2.24) is 0 Å². The van der Waals surface area contributed by atoms with E-state index in [1.165, 1.54) is 11.3 Å². The van der Waals surface area contributed by atoms with E-state index in [1.54, 1.807) is 7.11 Å². The Balaban J connectivity index is 3.14. The van der Waals surface area contributed by atoms with Crippen LogP contribution in [0.25, 0.3) is 0 Å². The van der Waals surface area contributed by atoms with Gasteiger partial charge in [-0.25, -0.2) is 0 Å². The lowest BCUT2D eigenvalue weighted by molar-refractivity contribution is 0.412. The second-order valence-electron chi connectivity index (χ2n) is 3.00. The molecule has 0 fully saturated rings. The summed E-state index contributed by atoms with van der Waals surface area (Å²) in [5.74, 6) is 0.946. The SMILES string of the molecule is COc1cccc(N(C)C)c1C. The zero-order chi connectivity index (χ0) is 9.14. The molecule has 0 bridgehead atoms. The van der Waals surface area contributed by atoms with Crippen molar-refractivity contribution in [1.29, 1.82) is 0 Å². The maximum atomic E-state index is 5.21. The van der Waals surface area contributed by atoms with Gasteiger partial charge in [0.1, 0.15) is 5.75 Å². The molecule has 0 spiro atoms. The van der Waals surface area contributed by atoms with E-state index in [2.05, 4.69) is 17.9 Å². The average Bonchev–Trinajstić information content (AvgIpc) is 2.04. The Bertz CT molecular complexity index is 269. The molecule has 0 aliphatic heterocycles. The van der Waals surface area contributed by atoms with Gasteiger partial charge in [0, 0.05) is 25.3 Å². The number of methoxy groups -OCH3 is 1. The monoisotopic (exact) mass is 165 g/mol. The quantitative estimate of drug-likeness (QED) is 0.665. The standard InChI is InChI=1S/C10H15NO/c1-8-9(11(2)3)6-5-7-10(8)12-4/h5-7H,1-4H3. The van der Waals surface area contributed by atoms with Gasteiger partial charge >= 0.3 is 0 Å². The van der Waals surface area contributed by atoms with Crippen LogP contribution >= 0.6 is 0 Å². The minimum absolute atomic E-state index is 0.946. The topological polar surface area (TPSA) is 12.5 Å². The van der Waals surface area contributed by atoms with Gasteiger partial charge in [-0.05, 0) is 19.1 Å². The largest absolute Gasteiger partial charge is 0.496 e. The highest BCUT2D eigenvalue weighted by molar-refractivity contribution is 5.57. The van der Waals surface area contributed by atoms with Crippen molar-refractivity contribution >= 4 is 5.69 Å². The van der Waals surface area contributed by atoms with Crippen molar-refractivity contribution in [3.63, 3.8) is 0 Å². The van der Waals surface area contributed by atoms with Gasteiger partial charge in [-0.2, -0.15) is 0 Å². The molecule has 2 heteroatoms. The summed E-state index contributed by atoms with van der Waals surface area (Å²) in [7, 11) is 5.76. The molecule has 0 N–H and O–H groups in total. The zero-order valence-corrected chi connectivity index (χ0v) is 8.09. The normalized spacial score (nSPS) is 9.67. The van der Waals surface area contributed by atoms with Crippen molar-refractivity contribution < 1.29 is 4.74 Å². The van der Waals surface area contributed by atoms with Crippen LogP contribution in [-0.4, -0.2) is 21.2 Å². The van der Waals surface area contributed by atoms with Gasteiger partial charge < -0.3 is 9.64 Å². The molecule has 0 heterocycles. The predicted molar refractivity (Wildman–Crippen MR) is 52.1 cm³/mol. The molecule has 0 aliphatic carbocycles. The van der Waals surface area contributed by atoms with Crippen molar-refractivity contribution in [2.45, 2.75) is 6.92 Å². The average molecular weight is 165 g/mol. The molecule has 2 nitrogen and oxygen atoms in total. The summed E-state index contributed by atoms with van der Waals surface area (Å²) in [5, 5.41) is 0. The molecule has 0 amide bonds. The number of rotatable bonds is 2. The summed E-state index contributed by atoms with van der Waals surface area (Å²) >= 11 is 0. The van der Waals surface area contributed by atoms with E-state index in [1.807, 2.05) is 26.2 Å². The minimum atomic E-state index is 0.946. The molecule has 1 aromatic carbocycles. The highest BCUT2D eigenvalue weighted by atomic mass is 16.5. The fourth-order valence-corrected chi connectivity index (χ4v) is 1.31. The lowest BCUT2D eigenvalue weighted by atomic mass is 10.1. The van der Waals surface area contributed by atoms with Crippen LogP contribution in [0.15, 0.2) is 18.2 Å². The number of hydrogen-bond donors (Lipinski definition) is 0. The van der Waals surface area contributed by atoms with Crippen LogP contribution in [0.3, 0.4) is 0 Å². The molecular weight excluding hydrogens is 150 g/mol. The van der Waals surface area contributed by atoms with Gasteiger partial charge in [0.25, 0.3) is 0 Å². The summed E-state index contributed by atoms with van der Waals surface area (Å²) < 4.78 is 5.21. The van der Waals surface area contributed by atoms with E-state index in [4.69, 9.17) is 4.74 Å². The predicted octanol–water partition coefficient (Wildman–Crippen LogP) is 2.07. The Labute approximate surface area is 73.8 Å². The molecule has 0 aromatic heterocycles. The van der Waals surface area contributed by atoms with Crippen LogP contribution in [0.5, 0.6) is 5.75 Å². The number of hydrogen-bond acceptors (Lipinski definition) is 2. The lowest BCUT2D eigenvalue weighted by Gasteiger charge is -2.17. The van der Waals surface area contributed by atoms with Gasteiger partial charge in [0.2, 0.25) is 0 Å². The van der Waals surface area contributed by atoms with E-state index < -0.39 is 0 Å². The van der Waals surface area contributed by atoms with Gasteiger partial charge in [-0.15, -0.1) is 0 Å². The Morgan fingerprint density at radius 2 is 1.92 bits per heavy atom. The van der Waals surface area contributed by atoms with Crippen LogP contribution in [0.1, 0.15) is 5.56 Å². The van der Waals surface area contributed by atoms with Crippen molar-refractivity contribution in [2.75, 3.05) is 26.1 Å². The van der Waals surface area contributed by atoms with Crippen LogP contribution < -0.4 is 9.64 Å². The van der Waals surface area contributed by atoms with E-state index in [0.29, 0.717) is 0 Å². The first-order valence-electron chi connectivity index (χ1n) is 3.97. The van der Waals surface area contributed by atoms with E-state index >= 15 is 0 Å². The molecule has 1 rings (SSSR count). The molecule has 0 saturated heterocycles. The molecular formula is C10H15NO. The third-order valence-corrected chi connectivity index (χ3v) is 1.96. The third-order valence-electron chi connectivity index (χ3n) is 1.96. The van der Waals surface area contributed by atoms with Gasteiger partial charge in [0.05, 0.1) is 7.11 Å². The summed E-state index contributed by atoms with van der Waals surface area (Å²) in [6.45, 7) is 2.06. The Hall–Kier alpha value is -1.18. The third kappa shape index (κ3) is 1.52. The second kappa shape index (κ2) is 3.48. The summed E-state index contributed by atoms with van der Waals surface area (Å²) in [6.07, 6.45) is 0. The fourth-order valence-electron chi connectivity index (χ4n) is 1.31. The van der Waals surface area contributed by atoms with Crippen LogP contribution in [0.2, 0.25) is 0 Å². The Morgan fingerprint density at radius 1 is 1.25 bits per heavy atom. The van der Waals surface area contributed by atoms with Gasteiger partial charge in [-0.1, -0.05) is 6.07 Å². The molecule has 0 aliphatic rings. The molecule has 0 unspecified atom stereocenters. The molecule has 0 atom stereocenters. The lowest BCUT2D eigenvalue weighted by Crippen LogP contribution is -2.10. The maximum Gasteiger partial charge on any atom is 0.123 e. The maximum absolute atomic E-state index is 5.21.